The molecule has 0 bridgehead atoms. The molecular formula is C26H20Cl2N2O2. The molecule has 0 saturated heterocycles. The van der Waals surface area contributed by atoms with Crippen LogP contribution in [0.25, 0.3) is 17.0 Å². The maximum atomic E-state index is 12.8. The standard InChI is InChI=1S/C26H20Cl2N2O2/c1-17-16-29-24-19(25(17)32-15-7-10-18-8-3-2-4-9-18)11-5-14-22(24)30-26(31)23-20(27)12-6-13-21(23)28/h2-14,16H,15H2,1H3,(H,30,31). The Morgan fingerprint density at radius 1 is 1.00 bits per heavy atom. The van der Waals surface area contributed by atoms with Gasteiger partial charge >= 0.3 is 0 Å². The van der Waals surface area contributed by atoms with E-state index >= 15 is 0 Å². The second-order valence-corrected chi connectivity index (χ2v) is 7.96. The average Bonchev–Trinajstić information content (AvgIpc) is 2.78. The summed E-state index contributed by atoms with van der Waals surface area (Å²) < 4.78 is 6.07. The van der Waals surface area contributed by atoms with Crippen LogP contribution in [-0.2, 0) is 0 Å². The number of amides is 1. The summed E-state index contributed by atoms with van der Waals surface area (Å²) >= 11 is 12.4. The summed E-state index contributed by atoms with van der Waals surface area (Å²) in [6.45, 7) is 2.35. The maximum absolute atomic E-state index is 12.8. The van der Waals surface area contributed by atoms with E-state index < -0.39 is 5.91 Å². The van der Waals surface area contributed by atoms with E-state index in [1.54, 1.807) is 30.5 Å². The third-order valence-corrected chi connectivity index (χ3v) is 5.53. The van der Waals surface area contributed by atoms with E-state index in [4.69, 9.17) is 27.9 Å². The Morgan fingerprint density at radius 2 is 1.72 bits per heavy atom. The molecule has 0 spiro atoms. The Labute approximate surface area is 196 Å². The Morgan fingerprint density at radius 3 is 2.47 bits per heavy atom. The van der Waals surface area contributed by atoms with Crippen LogP contribution in [0.15, 0.2) is 79.0 Å². The lowest BCUT2D eigenvalue weighted by Gasteiger charge is -2.14. The van der Waals surface area contributed by atoms with Gasteiger partial charge in [0, 0.05) is 17.1 Å². The molecule has 0 aliphatic heterocycles. The molecule has 0 fully saturated rings. The number of carbonyl (C=O) groups excluding carboxylic acids is 1. The van der Waals surface area contributed by atoms with Crippen molar-refractivity contribution in [2.24, 2.45) is 0 Å². The van der Waals surface area contributed by atoms with Crippen molar-refractivity contribution in [3.8, 4) is 5.75 Å². The quantitative estimate of drug-likeness (QED) is 0.329. The summed E-state index contributed by atoms with van der Waals surface area (Å²) in [6.07, 6.45) is 5.71. The fraction of sp³-hybridized carbons (Fsp3) is 0.0769. The molecule has 0 atom stereocenters. The fourth-order valence-electron chi connectivity index (χ4n) is 3.37. The third kappa shape index (κ3) is 4.77. The number of rotatable bonds is 6. The number of ether oxygens (including phenoxy) is 1. The number of halogens is 2. The van der Waals surface area contributed by atoms with Crippen molar-refractivity contribution in [1.82, 2.24) is 4.98 Å². The predicted molar refractivity (Wildman–Crippen MR) is 132 cm³/mol. The van der Waals surface area contributed by atoms with Crippen molar-refractivity contribution in [2.75, 3.05) is 11.9 Å². The summed E-state index contributed by atoms with van der Waals surface area (Å²) in [5.41, 5.74) is 3.41. The number of para-hydroxylation sites is 1. The molecule has 0 unspecified atom stereocenters. The van der Waals surface area contributed by atoms with Gasteiger partial charge in [-0.05, 0) is 42.8 Å². The van der Waals surface area contributed by atoms with Gasteiger partial charge in [0.25, 0.3) is 5.91 Å². The van der Waals surface area contributed by atoms with Gasteiger partial charge in [-0.1, -0.05) is 71.7 Å². The van der Waals surface area contributed by atoms with Crippen LogP contribution in [0.2, 0.25) is 10.0 Å². The van der Waals surface area contributed by atoms with E-state index in [1.807, 2.05) is 61.5 Å². The van der Waals surface area contributed by atoms with Gasteiger partial charge in [-0.2, -0.15) is 0 Å². The predicted octanol–water partition coefficient (Wildman–Crippen LogP) is 7.19. The Kier molecular flexibility index (Phi) is 6.74. The summed E-state index contributed by atoms with van der Waals surface area (Å²) in [5.74, 6) is 0.323. The van der Waals surface area contributed by atoms with Gasteiger partial charge in [0.1, 0.15) is 12.4 Å². The fourth-order valence-corrected chi connectivity index (χ4v) is 3.94. The Hall–Kier alpha value is -3.34. The maximum Gasteiger partial charge on any atom is 0.258 e. The number of fused-ring (bicyclic) bond motifs is 1. The molecule has 1 amide bonds. The van der Waals surface area contributed by atoms with Crippen LogP contribution in [-0.4, -0.2) is 17.5 Å². The first-order chi connectivity index (χ1) is 15.5. The number of benzene rings is 3. The lowest BCUT2D eigenvalue weighted by atomic mass is 10.1. The van der Waals surface area contributed by atoms with Crippen LogP contribution in [0.5, 0.6) is 5.75 Å². The highest BCUT2D eigenvalue weighted by Crippen LogP contribution is 2.33. The lowest BCUT2D eigenvalue weighted by molar-refractivity contribution is 0.102. The largest absolute Gasteiger partial charge is 0.488 e. The molecule has 1 N–H and O–H groups in total. The van der Waals surface area contributed by atoms with Crippen molar-refractivity contribution < 1.29 is 9.53 Å². The number of aromatic nitrogens is 1. The van der Waals surface area contributed by atoms with Crippen LogP contribution in [0.3, 0.4) is 0 Å². The van der Waals surface area contributed by atoms with E-state index in [9.17, 15) is 4.79 Å². The molecule has 0 saturated carbocycles. The van der Waals surface area contributed by atoms with Crippen LogP contribution in [0.1, 0.15) is 21.5 Å². The number of pyridine rings is 1. The summed E-state index contributed by atoms with van der Waals surface area (Å²) in [7, 11) is 0. The second kappa shape index (κ2) is 9.86. The minimum absolute atomic E-state index is 0.225. The molecule has 3 aromatic carbocycles. The highest BCUT2D eigenvalue weighted by molar-refractivity contribution is 6.40. The molecule has 1 heterocycles. The summed E-state index contributed by atoms with van der Waals surface area (Å²) in [6, 6.07) is 20.5. The first kappa shape index (κ1) is 21.9. The minimum Gasteiger partial charge on any atom is -0.488 e. The highest BCUT2D eigenvalue weighted by atomic mass is 35.5. The third-order valence-electron chi connectivity index (χ3n) is 4.90. The van der Waals surface area contributed by atoms with Crippen molar-refractivity contribution >= 4 is 51.8 Å². The van der Waals surface area contributed by atoms with E-state index in [1.165, 1.54) is 0 Å². The van der Waals surface area contributed by atoms with Crippen LogP contribution < -0.4 is 10.1 Å². The van der Waals surface area contributed by atoms with Crippen LogP contribution >= 0.6 is 23.2 Å². The smallest absolute Gasteiger partial charge is 0.258 e. The average molecular weight is 463 g/mol. The van der Waals surface area contributed by atoms with Gasteiger partial charge in [0.15, 0.2) is 0 Å². The molecule has 0 aliphatic carbocycles. The molecule has 6 heteroatoms. The first-order valence-electron chi connectivity index (χ1n) is 10.0. The van der Waals surface area contributed by atoms with E-state index in [0.29, 0.717) is 17.8 Å². The number of aryl methyl sites for hydroxylation is 1. The molecule has 0 aliphatic rings. The molecule has 4 nitrogen and oxygen atoms in total. The number of nitrogens with one attached hydrogen (secondary N) is 1. The summed E-state index contributed by atoms with van der Waals surface area (Å²) in [5, 5.41) is 4.26. The van der Waals surface area contributed by atoms with Crippen molar-refractivity contribution in [2.45, 2.75) is 6.92 Å². The van der Waals surface area contributed by atoms with Gasteiger partial charge in [-0.15, -0.1) is 0 Å². The van der Waals surface area contributed by atoms with Gasteiger partial charge in [-0.25, -0.2) is 0 Å². The number of hydrogen-bond acceptors (Lipinski definition) is 3. The van der Waals surface area contributed by atoms with Gasteiger partial charge < -0.3 is 10.1 Å². The van der Waals surface area contributed by atoms with Crippen LogP contribution in [0.4, 0.5) is 5.69 Å². The van der Waals surface area contributed by atoms with E-state index in [-0.39, 0.29) is 15.6 Å². The normalized spacial score (nSPS) is 11.1. The van der Waals surface area contributed by atoms with Crippen molar-refractivity contribution in [3.05, 3.63) is 106 Å². The van der Waals surface area contributed by atoms with E-state index in [2.05, 4.69) is 10.3 Å². The molecule has 0 radical (unpaired) electrons. The summed E-state index contributed by atoms with van der Waals surface area (Å²) in [4.78, 5) is 17.4. The number of hydrogen-bond donors (Lipinski definition) is 1. The van der Waals surface area contributed by atoms with E-state index in [0.717, 1.165) is 22.3 Å². The molecular weight excluding hydrogens is 443 g/mol. The monoisotopic (exact) mass is 462 g/mol. The minimum atomic E-state index is -0.399. The zero-order valence-electron chi connectivity index (χ0n) is 17.3. The zero-order valence-corrected chi connectivity index (χ0v) is 18.8. The second-order valence-electron chi connectivity index (χ2n) is 7.15. The first-order valence-corrected chi connectivity index (χ1v) is 10.8. The Balaban J connectivity index is 1.60. The van der Waals surface area contributed by atoms with Gasteiger partial charge in [-0.3, -0.25) is 9.78 Å². The van der Waals surface area contributed by atoms with Crippen molar-refractivity contribution in [1.29, 1.82) is 0 Å². The van der Waals surface area contributed by atoms with Crippen LogP contribution in [0, 0.1) is 6.92 Å². The molecule has 32 heavy (non-hydrogen) atoms. The molecule has 160 valence electrons. The number of carbonyl (C=O) groups is 1. The number of anilines is 1. The number of nitrogens with zero attached hydrogens (tertiary/aromatic N) is 1. The van der Waals surface area contributed by atoms with Gasteiger partial charge in [0.05, 0.1) is 26.8 Å². The highest BCUT2D eigenvalue weighted by Gasteiger charge is 2.17. The molecule has 1 aromatic heterocycles. The molecule has 4 aromatic rings. The van der Waals surface area contributed by atoms with Gasteiger partial charge in [0.2, 0.25) is 0 Å². The zero-order chi connectivity index (χ0) is 22.5. The SMILES string of the molecule is Cc1cnc2c(NC(=O)c3c(Cl)cccc3Cl)cccc2c1OCC=Cc1ccccc1. The molecule has 4 rings (SSSR count). The van der Waals surface area contributed by atoms with Crippen molar-refractivity contribution in [3.63, 3.8) is 0 Å². The Bertz CT molecular complexity index is 1280. The topological polar surface area (TPSA) is 51.2 Å². The lowest BCUT2D eigenvalue weighted by Crippen LogP contribution is -2.13.